The summed E-state index contributed by atoms with van der Waals surface area (Å²) in [6.45, 7) is 1.23. The number of carbonyl (C=O) groups excluding carboxylic acids is 1. The molecule has 0 saturated carbocycles. The fourth-order valence-corrected chi connectivity index (χ4v) is 2.66. The molecule has 1 amide bonds. The number of rotatable bonds is 9. The van der Waals surface area contributed by atoms with E-state index >= 15 is 0 Å². The highest BCUT2D eigenvalue weighted by molar-refractivity contribution is 5.91. The van der Waals surface area contributed by atoms with Crippen molar-refractivity contribution in [2.75, 3.05) is 46.8 Å². The van der Waals surface area contributed by atoms with Crippen LogP contribution < -0.4 is 24.4 Å². The molecule has 2 N–H and O–H groups in total. The fourth-order valence-electron chi connectivity index (χ4n) is 2.66. The summed E-state index contributed by atoms with van der Waals surface area (Å²) >= 11 is 0. The van der Waals surface area contributed by atoms with E-state index in [9.17, 15) is 4.79 Å². The Bertz CT molecular complexity index is 734. The smallest absolute Gasteiger partial charge is 0.279 e. The minimum atomic E-state index is -0.0249. The molecule has 26 heavy (non-hydrogen) atoms. The van der Waals surface area contributed by atoms with Gasteiger partial charge < -0.3 is 24.4 Å². The second kappa shape index (κ2) is 9.68. The summed E-state index contributed by atoms with van der Waals surface area (Å²) in [4.78, 5) is 13.3. The van der Waals surface area contributed by atoms with E-state index in [2.05, 4.69) is 5.32 Å². The highest BCUT2D eigenvalue weighted by Crippen LogP contribution is 2.27. The molecule has 0 aromatic heterocycles. The number of nitrogens with one attached hydrogen (secondary N) is 2. The molecule has 0 fully saturated rings. The first-order valence-electron chi connectivity index (χ1n) is 8.51. The van der Waals surface area contributed by atoms with Gasteiger partial charge in [0.2, 0.25) is 0 Å². The Kier molecular flexibility index (Phi) is 7.29. The van der Waals surface area contributed by atoms with Crippen molar-refractivity contribution in [2.24, 2.45) is 0 Å². The number of benzene rings is 2. The lowest BCUT2D eigenvalue weighted by molar-refractivity contribution is -0.870. The first kappa shape index (κ1) is 19.6. The number of carbonyl (C=O) groups is 1. The van der Waals surface area contributed by atoms with Gasteiger partial charge in [0, 0.05) is 18.2 Å². The van der Waals surface area contributed by atoms with Crippen LogP contribution in [-0.4, -0.2) is 47.4 Å². The van der Waals surface area contributed by atoms with Gasteiger partial charge in [0.15, 0.2) is 18.0 Å². The molecule has 0 saturated heterocycles. The van der Waals surface area contributed by atoms with Crippen LogP contribution in [0.4, 0.5) is 5.69 Å². The van der Waals surface area contributed by atoms with Crippen molar-refractivity contribution < 1.29 is 23.9 Å². The molecule has 0 aliphatic carbocycles. The van der Waals surface area contributed by atoms with Crippen molar-refractivity contribution in [3.63, 3.8) is 0 Å². The zero-order chi connectivity index (χ0) is 18.9. The monoisotopic (exact) mass is 359 g/mol. The molecular weight excluding hydrogens is 332 g/mol. The Labute approximate surface area is 154 Å². The summed E-state index contributed by atoms with van der Waals surface area (Å²) < 4.78 is 15.7. The SMILES string of the molecule is COc1cccc(NC(=O)C[NH+](C)CCc2ccc(OC)c(OC)c2)c1. The molecule has 0 aliphatic heterocycles. The van der Waals surface area contributed by atoms with Crippen LogP contribution in [0.5, 0.6) is 17.2 Å². The first-order chi connectivity index (χ1) is 12.5. The zero-order valence-electron chi connectivity index (χ0n) is 15.8. The number of ether oxygens (including phenoxy) is 3. The predicted molar refractivity (Wildman–Crippen MR) is 101 cm³/mol. The number of anilines is 1. The number of hydrogen-bond donors (Lipinski definition) is 2. The third-order valence-electron chi connectivity index (χ3n) is 4.10. The Morgan fingerprint density at radius 2 is 1.77 bits per heavy atom. The number of likely N-dealkylation sites (N-methyl/N-ethyl adjacent to an activating group) is 1. The normalized spacial score (nSPS) is 11.5. The van der Waals surface area contributed by atoms with E-state index in [1.807, 2.05) is 43.4 Å². The van der Waals surface area contributed by atoms with Gasteiger partial charge in [0.1, 0.15) is 5.75 Å². The van der Waals surface area contributed by atoms with Crippen LogP contribution in [0.15, 0.2) is 42.5 Å². The molecule has 6 nitrogen and oxygen atoms in total. The molecule has 6 heteroatoms. The predicted octanol–water partition coefficient (Wildman–Crippen LogP) is 1.41. The van der Waals surface area contributed by atoms with Gasteiger partial charge in [-0.05, 0) is 29.8 Å². The lowest BCUT2D eigenvalue weighted by Crippen LogP contribution is -3.10. The van der Waals surface area contributed by atoms with Gasteiger partial charge in [-0.15, -0.1) is 0 Å². The lowest BCUT2D eigenvalue weighted by atomic mass is 10.1. The van der Waals surface area contributed by atoms with Crippen molar-refractivity contribution in [2.45, 2.75) is 6.42 Å². The first-order valence-corrected chi connectivity index (χ1v) is 8.51. The van der Waals surface area contributed by atoms with Gasteiger partial charge >= 0.3 is 0 Å². The lowest BCUT2D eigenvalue weighted by Gasteiger charge is -2.15. The molecular formula is C20H27N2O4+. The Hall–Kier alpha value is -2.73. The average molecular weight is 359 g/mol. The van der Waals surface area contributed by atoms with E-state index in [-0.39, 0.29) is 5.91 Å². The second-order valence-electron chi connectivity index (χ2n) is 6.10. The highest BCUT2D eigenvalue weighted by Gasteiger charge is 2.12. The molecule has 2 rings (SSSR count). The van der Waals surface area contributed by atoms with Crippen molar-refractivity contribution in [3.8, 4) is 17.2 Å². The van der Waals surface area contributed by atoms with Crippen LogP contribution in [0.25, 0.3) is 0 Å². The van der Waals surface area contributed by atoms with E-state index < -0.39 is 0 Å². The van der Waals surface area contributed by atoms with Gasteiger partial charge in [-0.3, -0.25) is 4.79 Å². The quantitative estimate of drug-likeness (QED) is 0.711. The molecule has 0 spiro atoms. The van der Waals surface area contributed by atoms with E-state index in [1.54, 1.807) is 27.4 Å². The van der Waals surface area contributed by atoms with Crippen LogP contribution in [0, 0.1) is 0 Å². The van der Waals surface area contributed by atoms with E-state index in [0.29, 0.717) is 6.54 Å². The minimum Gasteiger partial charge on any atom is -0.497 e. The standard InChI is InChI=1S/C20H26N2O4/c1-22(11-10-15-8-9-18(25-3)19(12-15)26-4)14-20(23)21-16-6-5-7-17(13-16)24-2/h5-9,12-13H,10-11,14H2,1-4H3,(H,21,23)/p+1. The van der Waals surface area contributed by atoms with Gasteiger partial charge in [-0.2, -0.15) is 0 Å². The second-order valence-corrected chi connectivity index (χ2v) is 6.10. The molecule has 1 atom stereocenters. The molecule has 1 unspecified atom stereocenters. The molecule has 0 bridgehead atoms. The molecule has 0 heterocycles. The number of amides is 1. The van der Waals surface area contributed by atoms with Crippen molar-refractivity contribution >= 4 is 11.6 Å². The number of hydrogen-bond acceptors (Lipinski definition) is 4. The molecule has 0 aliphatic rings. The highest BCUT2D eigenvalue weighted by atomic mass is 16.5. The van der Waals surface area contributed by atoms with E-state index in [1.165, 1.54) is 0 Å². The minimum absolute atomic E-state index is 0.0249. The van der Waals surface area contributed by atoms with Crippen molar-refractivity contribution in [1.29, 1.82) is 0 Å². The van der Waals surface area contributed by atoms with Gasteiger partial charge in [-0.25, -0.2) is 0 Å². The van der Waals surface area contributed by atoms with Crippen LogP contribution in [-0.2, 0) is 11.2 Å². The van der Waals surface area contributed by atoms with Gasteiger partial charge in [-0.1, -0.05) is 12.1 Å². The Morgan fingerprint density at radius 3 is 2.46 bits per heavy atom. The molecule has 2 aromatic carbocycles. The summed E-state index contributed by atoms with van der Waals surface area (Å²) in [7, 11) is 6.86. The zero-order valence-corrected chi connectivity index (χ0v) is 15.8. The summed E-state index contributed by atoms with van der Waals surface area (Å²) in [5, 5.41) is 2.90. The topological polar surface area (TPSA) is 61.2 Å². The van der Waals surface area contributed by atoms with Crippen LogP contribution >= 0.6 is 0 Å². The van der Waals surface area contributed by atoms with Crippen LogP contribution in [0.1, 0.15) is 5.56 Å². The molecule has 140 valence electrons. The van der Waals surface area contributed by atoms with E-state index in [0.717, 1.165) is 46.4 Å². The van der Waals surface area contributed by atoms with Crippen LogP contribution in [0.2, 0.25) is 0 Å². The van der Waals surface area contributed by atoms with Gasteiger partial charge in [0.05, 0.1) is 34.9 Å². The summed E-state index contributed by atoms with van der Waals surface area (Å²) in [5.74, 6) is 2.13. The molecule has 0 radical (unpaired) electrons. The summed E-state index contributed by atoms with van der Waals surface area (Å²) in [6.07, 6.45) is 0.846. The maximum Gasteiger partial charge on any atom is 0.279 e. The average Bonchev–Trinajstić information content (AvgIpc) is 2.66. The Balaban J connectivity index is 1.84. The molecule has 2 aromatic rings. The number of quaternary nitrogens is 1. The van der Waals surface area contributed by atoms with E-state index in [4.69, 9.17) is 14.2 Å². The third-order valence-corrected chi connectivity index (χ3v) is 4.10. The van der Waals surface area contributed by atoms with Crippen LogP contribution in [0.3, 0.4) is 0 Å². The van der Waals surface area contributed by atoms with Crippen molar-refractivity contribution in [1.82, 2.24) is 0 Å². The largest absolute Gasteiger partial charge is 0.497 e. The third kappa shape index (κ3) is 5.67. The number of methoxy groups -OCH3 is 3. The summed E-state index contributed by atoms with van der Waals surface area (Å²) in [6, 6.07) is 13.2. The maximum atomic E-state index is 12.2. The Morgan fingerprint density at radius 1 is 1.00 bits per heavy atom. The van der Waals surface area contributed by atoms with Gasteiger partial charge in [0.25, 0.3) is 5.91 Å². The fraction of sp³-hybridized carbons (Fsp3) is 0.350. The maximum absolute atomic E-state index is 12.2. The summed E-state index contributed by atoms with van der Waals surface area (Å²) in [5.41, 5.74) is 1.89. The van der Waals surface area contributed by atoms with Crippen molar-refractivity contribution in [3.05, 3.63) is 48.0 Å².